The highest BCUT2D eigenvalue weighted by Gasteiger charge is 2.04. The van der Waals surface area contributed by atoms with Gasteiger partial charge in [0.05, 0.1) is 12.7 Å². The predicted molar refractivity (Wildman–Crippen MR) is 50.3 cm³/mol. The van der Waals surface area contributed by atoms with Gasteiger partial charge >= 0.3 is 0 Å². The maximum atomic E-state index is 9.34. The second kappa shape index (κ2) is 7.53. The molecule has 0 aromatic rings. The van der Waals surface area contributed by atoms with Gasteiger partial charge in [-0.3, -0.25) is 0 Å². The van der Waals surface area contributed by atoms with Crippen LogP contribution >= 0.6 is 0 Å². The summed E-state index contributed by atoms with van der Waals surface area (Å²) in [5.41, 5.74) is 0. The zero-order valence-electron chi connectivity index (χ0n) is 8.34. The highest BCUT2D eigenvalue weighted by Crippen LogP contribution is 1.89. The number of aliphatic hydroxyl groups is 1. The van der Waals surface area contributed by atoms with E-state index < -0.39 is 0 Å². The largest absolute Gasteiger partial charge is 0.389 e. The highest BCUT2D eigenvalue weighted by atomic mass is 16.5. The van der Waals surface area contributed by atoms with Crippen molar-refractivity contribution >= 4 is 0 Å². The summed E-state index contributed by atoms with van der Waals surface area (Å²) in [5, 5.41) is 12.5. The van der Waals surface area contributed by atoms with Gasteiger partial charge in [0.1, 0.15) is 0 Å². The summed E-state index contributed by atoms with van der Waals surface area (Å²) >= 11 is 0. The van der Waals surface area contributed by atoms with Crippen molar-refractivity contribution in [3.8, 4) is 0 Å². The fourth-order valence-electron chi connectivity index (χ4n) is 0.794. The van der Waals surface area contributed by atoms with Crippen LogP contribution in [-0.4, -0.2) is 37.0 Å². The Kier molecular flexibility index (Phi) is 7.45. The van der Waals surface area contributed by atoms with Gasteiger partial charge in [-0.25, -0.2) is 0 Å². The third kappa shape index (κ3) is 6.58. The summed E-state index contributed by atoms with van der Waals surface area (Å²) in [6.45, 7) is 7.87. The smallest absolute Gasteiger partial charge is 0.0897 e. The molecule has 0 saturated heterocycles. The minimum absolute atomic E-state index is 0.376. The van der Waals surface area contributed by atoms with E-state index in [2.05, 4.69) is 19.2 Å². The quantitative estimate of drug-likeness (QED) is 0.600. The first-order chi connectivity index (χ1) is 5.70. The molecule has 0 bridgehead atoms. The van der Waals surface area contributed by atoms with Gasteiger partial charge in [-0.2, -0.15) is 0 Å². The first kappa shape index (κ1) is 11.9. The highest BCUT2D eigenvalue weighted by molar-refractivity contribution is 4.63. The number of ether oxygens (including phenoxy) is 1. The molecule has 0 aromatic heterocycles. The average Bonchev–Trinajstić information content (AvgIpc) is 2.10. The number of aliphatic hydroxyl groups excluding tert-OH is 1. The molecule has 3 nitrogen and oxygen atoms in total. The zero-order valence-corrected chi connectivity index (χ0v) is 8.34. The van der Waals surface area contributed by atoms with Crippen molar-refractivity contribution in [2.75, 3.05) is 19.8 Å². The lowest BCUT2D eigenvalue weighted by Gasteiger charge is -2.15. The normalized spacial score (nSPS) is 16.0. The number of rotatable bonds is 7. The first-order valence-electron chi connectivity index (χ1n) is 4.69. The van der Waals surface area contributed by atoms with Crippen LogP contribution in [0.5, 0.6) is 0 Å². The van der Waals surface area contributed by atoms with Gasteiger partial charge in [-0.05, 0) is 20.3 Å². The SMILES string of the molecule is CCOCC(O)CNC(C)CC. The van der Waals surface area contributed by atoms with Crippen molar-refractivity contribution in [3.05, 3.63) is 0 Å². The Bertz CT molecular complexity index is 98.5. The van der Waals surface area contributed by atoms with Gasteiger partial charge in [0.15, 0.2) is 0 Å². The molecule has 0 rings (SSSR count). The van der Waals surface area contributed by atoms with Crippen LogP contribution in [0.1, 0.15) is 27.2 Å². The van der Waals surface area contributed by atoms with E-state index in [0.717, 1.165) is 6.42 Å². The molecule has 12 heavy (non-hydrogen) atoms. The number of hydrogen-bond donors (Lipinski definition) is 2. The standard InChI is InChI=1S/C9H21NO2/c1-4-8(3)10-6-9(11)7-12-5-2/h8-11H,4-7H2,1-3H3. The van der Waals surface area contributed by atoms with E-state index in [1.54, 1.807) is 0 Å². The predicted octanol–water partition coefficient (Wildman–Crippen LogP) is 0.772. The van der Waals surface area contributed by atoms with Crippen molar-refractivity contribution in [1.82, 2.24) is 5.32 Å². The second-order valence-corrected chi connectivity index (χ2v) is 3.03. The Labute approximate surface area is 75.1 Å². The maximum Gasteiger partial charge on any atom is 0.0897 e. The van der Waals surface area contributed by atoms with E-state index in [1.807, 2.05) is 6.92 Å². The van der Waals surface area contributed by atoms with Crippen molar-refractivity contribution in [2.24, 2.45) is 0 Å². The zero-order chi connectivity index (χ0) is 9.40. The maximum absolute atomic E-state index is 9.34. The Morgan fingerprint density at radius 1 is 1.42 bits per heavy atom. The molecule has 2 N–H and O–H groups in total. The monoisotopic (exact) mass is 175 g/mol. The third-order valence-corrected chi connectivity index (χ3v) is 1.83. The van der Waals surface area contributed by atoms with E-state index in [0.29, 0.717) is 25.8 Å². The molecule has 0 aromatic carbocycles. The van der Waals surface area contributed by atoms with Crippen LogP contribution in [0.2, 0.25) is 0 Å². The lowest BCUT2D eigenvalue weighted by Crippen LogP contribution is -2.35. The molecular formula is C9H21NO2. The summed E-state index contributed by atoms with van der Waals surface area (Å²) in [4.78, 5) is 0. The second-order valence-electron chi connectivity index (χ2n) is 3.03. The van der Waals surface area contributed by atoms with E-state index in [1.165, 1.54) is 0 Å². The molecule has 0 saturated carbocycles. The molecule has 0 heterocycles. The van der Waals surface area contributed by atoms with Crippen molar-refractivity contribution in [1.29, 1.82) is 0 Å². The van der Waals surface area contributed by atoms with E-state index >= 15 is 0 Å². The number of nitrogens with one attached hydrogen (secondary N) is 1. The molecule has 0 amide bonds. The first-order valence-corrected chi connectivity index (χ1v) is 4.69. The fraction of sp³-hybridized carbons (Fsp3) is 1.00. The van der Waals surface area contributed by atoms with Crippen molar-refractivity contribution in [2.45, 2.75) is 39.3 Å². The Hall–Kier alpha value is -0.120. The average molecular weight is 175 g/mol. The van der Waals surface area contributed by atoms with Crippen LogP contribution in [0.15, 0.2) is 0 Å². The van der Waals surface area contributed by atoms with Crippen LogP contribution in [0.4, 0.5) is 0 Å². The molecule has 0 spiro atoms. The van der Waals surface area contributed by atoms with E-state index in [-0.39, 0.29) is 6.10 Å². The van der Waals surface area contributed by atoms with Crippen molar-refractivity contribution < 1.29 is 9.84 Å². The van der Waals surface area contributed by atoms with Gasteiger partial charge < -0.3 is 15.2 Å². The molecule has 2 unspecified atom stereocenters. The Morgan fingerprint density at radius 2 is 2.08 bits per heavy atom. The van der Waals surface area contributed by atoms with Crippen LogP contribution in [0, 0.1) is 0 Å². The molecule has 0 radical (unpaired) electrons. The van der Waals surface area contributed by atoms with Crippen LogP contribution < -0.4 is 5.32 Å². The Morgan fingerprint density at radius 3 is 2.58 bits per heavy atom. The Balaban J connectivity index is 3.24. The lowest BCUT2D eigenvalue weighted by molar-refractivity contribution is 0.0416. The molecular weight excluding hydrogens is 154 g/mol. The summed E-state index contributed by atoms with van der Waals surface area (Å²) in [7, 11) is 0. The minimum Gasteiger partial charge on any atom is -0.389 e. The summed E-state index contributed by atoms with van der Waals surface area (Å²) < 4.78 is 5.07. The molecule has 74 valence electrons. The lowest BCUT2D eigenvalue weighted by atomic mass is 10.2. The third-order valence-electron chi connectivity index (χ3n) is 1.83. The molecule has 3 heteroatoms. The number of hydrogen-bond acceptors (Lipinski definition) is 3. The van der Waals surface area contributed by atoms with Crippen LogP contribution in [-0.2, 0) is 4.74 Å². The van der Waals surface area contributed by atoms with Gasteiger partial charge in [-0.1, -0.05) is 6.92 Å². The van der Waals surface area contributed by atoms with Crippen molar-refractivity contribution in [3.63, 3.8) is 0 Å². The molecule has 0 aliphatic carbocycles. The summed E-state index contributed by atoms with van der Waals surface area (Å²) in [6.07, 6.45) is 0.709. The summed E-state index contributed by atoms with van der Waals surface area (Å²) in [6, 6.07) is 0.473. The van der Waals surface area contributed by atoms with Gasteiger partial charge in [0.25, 0.3) is 0 Å². The van der Waals surface area contributed by atoms with Gasteiger partial charge in [0.2, 0.25) is 0 Å². The minimum atomic E-state index is -0.376. The molecule has 0 aliphatic heterocycles. The van der Waals surface area contributed by atoms with Crippen LogP contribution in [0.25, 0.3) is 0 Å². The van der Waals surface area contributed by atoms with E-state index in [4.69, 9.17) is 4.74 Å². The van der Waals surface area contributed by atoms with E-state index in [9.17, 15) is 5.11 Å². The summed E-state index contributed by atoms with van der Waals surface area (Å²) in [5.74, 6) is 0. The topological polar surface area (TPSA) is 41.5 Å². The molecule has 0 aliphatic rings. The van der Waals surface area contributed by atoms with Gasteiger partial charge in [0, 0.05) is 19.2 Å². The molecule has 2 atom stereocenters. The van der Waals surface area contributed by atoms with Crippen LogP contribution in [0.3, 0.4) is 0 Å². The molecule has 0 fully saturated rings. The fourth-order valence-corrected chi connectivity index (χ4v) is 0.794. The van der Waals surface area contributed by atoms with Gasteiger partial charge in [-0.15, -0.1) is 0 Å².